The molecule has 30 heavy (non-hydrogen) atoms. The van der Waals surface area contributed by atoms with E-state index in [1.165, 1.54) is 54.6 Å². The third kappa shape index (κ3) is 2.87. The fourth-order valence-corrected chi connectivity index (χ4v) is 5.02. The molecule has 0 fully saturated rings. The van der Waals surface area contributed by atoms with Crippen LogP contribution >= 0.6 is 0 Å². The van der Waals surface area contributed by atoms with Crippen LogP contribution in [0.5, 0.6) is 0 Å². The number of aliphatic hydroxyl groups is 1. The molecule has 1 heterocycles. The van der Waals surface area contributed by atoms with Gasteiger partial charge in [-0.3, -0.25) is 14.5 Å². The van der Waals surface area contributed by atoms with E-state index in [-0.39, 0.29) is 50.4 Å². The molecule has 152 valence electrons. The fraction of sp³-hybridized carbons (Fsp3) is 0.0952. The normalized spacial score (nSPS) is 13.7. The molecule has 8 nitrogen and oxygen atoms in total. The minimum Gasteiger partial charge on any atom is -0.478 e. The number of sulfone groups is 1. The van der Waals surface area contributed by atoms with Gasteiger partial charge in [0, 0.05) is 21.9 Å². The van der Waals surface area contributed by atoms with Crippen LogP contribution < -0.4 is 0 Å². The van der Waals surface area contributed by atoms with Gasteiger partial charge in [-0.05, 0) is 42.5 Å². The lowest BCUT2D eigenvalue weighted by molar-refractivity contribution is 0.0579. The van der Waals surface area contributed by atoms with E-state index in [4.69, 9.17) is 10.2 Å². The molecule has 4 rings (SSSR count). The zero-order chi connectivity index (χ0) is 21.6. The maximum absolute atomic E-state index is 13.2. The Hall–Kier alpha value is -3.56. The topological polar surface area (TPSA) is 129 Å². The molecule has 2 N–H and O–H groups in total. The standard InChI is InChI=1S/C21H15NO7S/c23-11-10-22-19(24)15-3-1-2-14-17(9-8-16(18(14)15)20(22)25)30(28,29)13-6-4-12(5-7-13)21(26)27/h1-9,23H,10-11H2,(H,26,27). The summed E-state index contributed by atoms with van der Waals surface area (Å²) in [7, 11) is -4.05. The van der Waals surface area contributed by atoms with Crippen molar-refractivity contribution in [2.45, 2.75) is 9.79 Å². The monoisotopic (exact) mass is 425 g/mol. The molecule has 1 aliphatic heterocycles. The Morgan fingerprint density at radius 2 is 1.53 bits per heavy atom. The quantitative estimate of drug-likeness (QED) is 0.598. The third-order valence-corrected chi connectivity index (χ3v) is 6.80. The van der Waals surface area contributed by atoms with Crippen molar-refractivity contribution in [3.8, 4) is 0 Å². The average Bonchev–Trinajstić information content (AvgIpc) is 2.74. The lowest BCUT2D eigenvalue weighted by atomic mass is 9.94. The van der Waals surface area contributed by atoms with Crippen molar-refractivity contribution < 1.29 is 33.0 Å². The highest BCUT2D eigenvalue weighted by Gasteiger charge is 2.34. The minimum absolute atomic E-state index is 0.0500. The predicted molar refractivity (Wildman–Crippen MR) is 105 cm³/mol. The van der Waals surface area contributed by atoms with E-state index < -0.39 is 27.6 Å². The van der Waals surface area contributed by atoms with E-state index in [1.807, 2.05) is 0 Å². The van der Waals surface area contributed by atoms with E-state index in [0.29, 0.717) is 0 Å². The number of rotatable bonds is 5. The Morgan fingerprint density at radius 3 is 2.13 bits per heavy atom. The Kier molecular flexibility index (Phi) is 4.64. The van der Waals surface area contributed by atoms with Gasteiger partial charge in [0.25, 0.3) is 11.8 Å². The Morgan fingerprint density at radius 1 is 0.900 bits per heavy atom. The number of aliphatic hydroxyl groups excluding tert-OH is 1. The third-order valence-electron chi connectivity index (χ3n) is 4.98. The van der Waals surface area contributed by atoms with Gasteiger partial charge in [0.05, 0.1) is 28.5 Å². The van der Waals surface area contributed by atoms with Gasteiger partial charge < -0.3 is 10.2 Å². The number of hydrogen-bond donors (Lipinski definition) is 2. The summed E-state index contributed by atoms with van der Waals surface area (Å²) in [5.74, 6) is -2.38. The van der Waals surface area contributed by atoms with Crippen LogP contribution in [0.3, 0.4) is 0 Å². The smallest absolute Gasteiger partial charge is 0.335 e. The second-order valence-electron chi connectivity index (χ2n) is 6.66. The van der Waals surface area contributed by atoms with Gasteiger partial charge in [-0.25, -0.2) is 13.2 Å². The summed E-state index contributed by atoms with van der Waals surface area (Å²) in [6, 6.07) is 12.0. The molecular formula is C21H15NO7S. The number of β-amino-alcohol motifs (C(OH)–C–C–N with tert-alkyl or cyclic N) is 1. The number of imide groups is 1. The molecule has 0 aromatic heterocycles. The number of nitrogens with zero attached hydrogens (tertiary/aromatic N) is 1. The van der Waals surface area contributed by atoms with Gasteiger partial charge in [0.2, 0.25) is 9.84 Å². The summed E-state index contributed by atoms with van der Waals surface area (Å²) >= 11 is 0. The van der Waals surface area contributed by atoms with Gasteiger partial charge in [-0.2, -0.15) is 0 Å². The second kappa shape index (κ2) is 7.05. The summed E-state index contributed by atoms with van der Waals surface area (Å²) in [4.78, 5) is 37.2. The van der Waals surface area contributed by atoms with Crippen LogP contribution in [0, 0.1) is 0 Å². The molecule has 0 atom stereocenters. The van der Waals surface area contributed by atoms with Gasteiger partial charge >= 0.3 is 5.97 Å². The molecule has 3 aromatic carbocycles. The van der Waals surface area contributed by atoms with Crippen LogP contribution in [0.4, 0.5) is 0 Å². The molecule has 0 unspecified atom stereocenters. The summed E-state index contributed by atoms with van der Waals surface area (Å²) in [6.45, 7) is -0.551. The summed E-state index contributed by atoms with van der Waals surface area (Å²) < 4.78 is 26.5. The van der Waals surface area contributed by atoms with Crippen LogP contribution in [0.2, 0.25) is 0 Å². The van der Waals surface area contributed by atoms with Crippen LogP contribution in [0.25, 0.3) is 10.8 Å². The Labute approximate surface area is 170 Å². The van der Waals surface area contributed by atoms with Crippen LogP contribution in [-0.2, 0) is 9.84 Å². The first-order chi connectivity index (χ1) is 14.3. The van der Waals surface area contributed by atoms with Crippen molar-refractivity contribution in [3.05, 3.63) is 71.3 Å². The molecule has 0 radical (unpaired) electrons. The van der Waals surface area contributed by atoms with E-state index in [2.05, 4.69) is 0 Å². The molecule has 9 heteroatoms. The van der Waals surface area contributed by atoms with Gasteiger partial charge in [0.15, 0.2) is 0 Å². The zero-order valence-electron chi connectivity index (χ0n) is 15.4. The van der Waals surface area contributed by atoms with Crippen LogP contribution in [-0.4, -0.2) is 54.5 Å². The van der Waals surface area contributed by atoms with Gasteiger partial charge in [-0.15, -0.1) is 0 Å². The largest absolute Gasteiger partial charge is 0.478 e. The molecule has 0 saturated heterocycles. The van der Waals surface area contributed by atoms with Gasteiger partial charge in [-0.1, -0.05) is 12.1 Å². The van der Waals surface area contributed by atoms with Crippen molar-refractivity contribution >= 4 is 38.4 Å². The zero-order valence-corrected chi connectivity index (χ0v) is 16.2. The number of benzene rings is 3. The maximum Gasteiger partial charge on any atom is 0.335 e. The van der Waals surface area contributed by atoms with E-state index in [0.717, 1.165) is 4.90 Å². The van der Waals surface area contributed by atoms with E-state index in [1.54, 1.807) is 0 Å². The van der Waals surface area contributed by atoms with Crippen LogP contribution in [0.1, 0.15) is 31.1 Å². The highest BCUT2D eigenvalue weighted by atomic mass is 32.2. The summed E-state index contributed by atoms with van der Waals surface area (Å²) in [5, 5.41) is 18.6. The van der Waals surface area contributed by atoms with E-state index in [9.17, 15) is 22.8 Å². The number of carboxylic acid groups (broad SMARTS) is 1. The van der Waals surface area contributed by atoms with E-state index >= 15 is 0 Å². The number of carboxylic acids is 1. The lowest BCUT2D eigenvalue weighted by Crippen LogP contribution is -2.42. The highest BCUT2D eigenvalue weighted by Crippen LogP contribution is 2.35. The van der Waals surface area contributed by atoms with Crippen molar-refractivity contribution in [1.29, 1.82) is 0 Å². The molecule has 1 aliphatic rings. The van der Waals surface area contributed by atoms with Crippen molar-refractivity contribution in [3.63, 3.8) is 0 Å². The average molecular weight is 425 g/mol. The van der Waals surface area contributed by atoms with Crippen molar-refractivity contribution in [2.75, 3.05) is 13.2 Å². The Balaban J connectivity index is 1.93. The Bertz CT molecular complexity index is 1310. The first kappa shape index (κ1) is 19.7. The predicted octanol–water partition coefficient (Wildman–Crippen LogP) is 1.96. The minimum atomic E-state index is -4.05. The number of carbonyl (C=O) groups is 3. The SMILES string of the molecule is O=C(O)c1ccc(S(=O)(=O)c2ccc3c4c(cccc24)C(=O)N(CCO)C3=O)cc1. The molecule has 0 saturated carbocycles. The molecule has 2 amide bonds. The first-order valence-corrected chi connectivity index (χ1v) is 10.4. The van der Waals surface area contributed by atoms with Crippen molar-refractivity contribution in [2.24, 2.45) is 0 Å². The van der Waals surface area contributed by atoms with Crippen molar-refractivity contribution in [1.82, 2.24) is 4.90 Å². The highest BCUT2D eigenvalue weighted by molar-refractivity contribution is 7.91. The van der Waals surface area contributed by atoms with Crippen LogP contribution in [0.15, 0.2) is 64.4 Å². The number of amides is 2. The molecule has 0 bridgehead atoms. The number of aromatic carboxylic acids is 1. The fourth-order valence-electron chi connectivity index (χ4n) is 3.56. The number of hydrogen-bond acceptors (Lipinski definition) is 6. The maximum atomic E-state index is 13.2. The molecule has 3 aromatic rings. The molecule has 0 spiro atoms. The first-order valence-electron chi connectivity index (χ1n) is 8.88. The number of carbonyl (C=O) groups excluding carboxylic acids is 2. The molecular weight excluding hydrogens is 410 g/mol. The summed E-state index contributed by atoms with van der Waals surface area (Å²) in [6.07, 6.45) is 0. The second-order valence-corrected chi connectivity index (χ2v) is 8.58. The summed E-state index contributed by atoms with van der Waals surface area (Å²) in [5.41, 5.74) is 0.300. The molecule has 0 aliphatic carbocycles. The lowest BCUT2D eigenvalue weighted by Gasteiger charge is -2.27. The van der Waals surface area contributed by atoms with Gasteiger partial charge in [0.1, 0.15) is 0 Å².